The summed E-state index contributed by atoms with van der Waals surface area (Å²) in [6.07, 6.45) is 4.63. The van der Waals surface area contributed by atoms with Crippen LogP contribution in [-0.4, -0.2) is 38.3 Å². The Bertz CT molecular complexity index is 799. The number of hydroxylamine groups is 2. The van der Waals surface area contributed by atoms with Crippen LogP contribution < -0.4 is 0 Å². The monoisotopic (exact) mass is 282 g/mol. The van der Waals surface area contributed by atoms with Crippen LogP contribution >= 0.6 is 0 Å². The van der Waals surface area contributed by atoms with Gasteiger partial charge in [-0.15, -0.1) is 0 Å². The molecule has 1 fully saturated rings. The van der Waals surface area contributed by atoms with Crippen molar-refractivity contribution in [2.45, 2.75) is 6.42 Å². The van der Waals surface area contributed by atoms with Gasteiger partial charge in [0, 0.05) is 17.9 Å². The lowest BCUT2D eigenvalue weighted by Crippen LogP contribution is -2.27. The van der Waals surface area contributed by atoms with Crippen molar-refractivity contribution < 1.29 is 9.63 Å². The first-order valence-corrected chi connectivity index (χ1v) is 6.90. The lowest BCUT2D eigenvalue weighted by molar-refractivity contribution is -0.0772. The second kappa shape index (κ2) is 4.75. The van der Waals surface area contributed by atoms with Crippen LogP contribution in [0.5, 0.6) is 0 Å². The summed E-state index contributed by atoms with van der Waals surface area (Å²) in [7, 11) is 0. The molecule has 0 bridgehead atoms. The average Bonchev–Trinajstić information content (AvgIpc) is 3.25. The molecule has 4 heterocycles. The van der Waals surface area contributed by atoms with Crippen molar-refractivity contribution in [2.75, 3.05) is 13.2 Å². The Morgan fingerprint density at radius 3 is 2.95 bits per heavy atom. The van der Waals surface area contributed by atoms with Gasteiger partial charge in [0.2, 0.25) is 0 Å². The topological polar surface area (TPSA) is 51.8 Å². The van der Waals surface area contributed by atoms with Gasteiger partial charge in [-0.1, -0.05) is 6.07 Å². The van der Waals surface area contributed by atoms with Gasteiger partial charge in [0.1, 0.15) is 5.82 Å². The van der Waals surface area contributed by atoms with Gasteiger partial charge in [-0.3, -0.25) is 9.63 Å². The number of pyridine rings is 1. The van der Waals surface area contributed by atoms with Crippen molar-refractivity contribution in [3.05, 3.63) is 54.5 Å². The van der Waals surface area contributed by atoms with Crippen LogP contribution in [0.15, 0.2) is 48.8 Å². The molecule has 3 aromatic rings. The maximum Gasteiger partial charge on any atom is 0.297 e. The third-order valence-corrected chi connectivity index (χ3v) is 3.56. The van der Waals surface area contributed by atoms with E-state index in [4.69, 9.17) is 4.84 Å². The van der Waals surface area contributed by atoms with Crippen molar-refractivity contribution in [1.29, 1.82) is 0 Å². The fraction of sp³-hybridized carbons (Fsp3) is 0.200. The number of fused-ring (bicyclic) bond motifs is 1. The van der Waals surface area contributed by atoms with E-state index >= 15 is 0 Å². The number of rotatable bonds is 2. The van der Waals surface area contributed by atoms with E-state index in [-0.39, 0.29) is 5.91 Å². The van der Waals surface area contributed by atoms with Crippen LogP contribution in [0.25, 0.3) is 11.3 Å². The molecular formula is C15H14N4O2. The summed E-state index contributed by atoms with van der Waals surface area (Å²) in [4.78, 5) is 17.5. The van der Waals surface area contributed by atoms with Gasteiger partial charge < -0.3 is 4.40 Å². The Kier molecular flexibility index (Phi) is 2.75. The molecule has 6 nitrogen and oxygen atoms in total. The fourth-order valence-corrected chi connectivity index (χ4v) is 2.53. The highest BCUT2D eigenvalue weighted by Crippen LogP contribution is 2.15. The number of aromatic nitrogens is 3. The first-order chi connectivity index (χ1) is 10.3. The van der Waals surface area contributed by atoms with Crippen LogP contribution in [0.2, 0.25) is 0 Å². The van der Waals surface area contributed by atoms with Crippen LogP contribution in [0.3, 0.4) is 0 Å². The number of hydrogen-bond donors (Lipinski definition) is 0. The first kappa shape index (κ1) is 12.2. The molecular weight excluding hydrogens is 268 g/mol. The zero-order valence-corrected chi connectivity index (χ0v) is 11.3. The molecule has 1 aliphatic rings. The predicted molar refractivity (Wildman–Crippen MR) is 76.1 cm³/mol. The molecule has 0 spiro atoms. The summed E-state index contributed by atoms with van der Waals surface area (Å²) < 4.78 is 3.73. The number of carbonyl (C=O) groups excluding carboxylic acids is 1. The third kappa shape index (κ3) is 2.00. The molecule has 0 N–H and O–H groups in total. The number of hydrogen-bond acceptors (Lipinski definition) is 3. The fourth-order valence-electron chi connectivity index (χ4n) is 2.53. The maximum absolute atomic E-state index is 12.2. The van der Waals surface area contributed by atoms with Crippen molar-refractivity contribution in [3.8, 4) is 5.82 Å². The highest BCUT2D eigenvalue weighted by molar-refractivity contribution is 5.91. The average molecular weight is 282 g/mol. The number of carbonyl (C=O) groups is 1. The lowest BCUT2D eigenvalue weighted by Gasteiger charge is -2.11. The molecule has 0 unspecified atom stereocenters. The number of amides is 1. The lowest BCUT2D eigenvalue weighted by atomic mass is 10.4. The normalized spacial score (nSPS) is 15.0. The summed E-state index contributed by atoms with van der Waals surface area (Å²) in [5, 5.41) is 5.75. The van der Waals surface area contributed by atoms with Gasteiger partial charge in [0.25, 0.3) is 5.91 Å². The minimum atomic E-state index is -0.188. The Labute approximate surface area is 121 Å². The molecule has 0 saturated carbocycles. The predicted octanol–water partition coefficient (Wildman–Crippen LogP) is 1.90. The van der Waals surface area contributed by atoms with Crippen LogP contribution in [0.4, 0.5) is 0 Å². The van der Waals surface area contributed by atoms with Crippen molar-refractivity contribution in [1.82, 2.24) is 19.2 Å². The Hall–Kier alpha value is -2.60. The molecule has 1 aliphatic heterocycles. The van der Waals surface area contributed by atoms with E-state index in [2.05, 4.69) is 5.10 Å². The second-order valence-electron chi connectivity index (χ2n) is 4.93. The molecule has 1 amide bonds. The standard InChI is InChI=1S/C15H14N4O2/c20-15(19-9-3-11-21-19)13-7-10-18(16-13)14-6-5-12-4-1-2-8-17(12)14/h1-2,4-8,10H,3,9,11H2. The van der Waals surface area contributed by atoms with Gasteiger partial charge in [0.05, 0.1) is 13.2 Å². The molecule has 21 heavy (non-hydrogen) atoms. The van der Waals surface area contributed by atoms with E-state index in [1.807, 2.05) is 40.9 Å². The quantitative estimate of drug-likeness (QED) is 0.721. The summed E-state index contributed by atoms with van der Waals surface area (Å²) in [6, 6.07) is 11.7. The molecule has 1 saturated heterocycles. The van der Waals surface area contributed by atoms with Gasteiger partial charge in [-0.2, -0.15) is 5.10 Å². The summed E-state index contributed by atoms with van der Waals surface area (Å²) >= 11 is 0. The Balaban J connectivity index is 1.69. The van der Waals surface area contributed by atoms with E-state index in [1.165, 1.54) is 5.06 Å². The van der Waals surface area contributed by atoms with Gasteiger partial charge >= 0.3 is 0 Å². The zero-order chi connectivity index (χ0) is 14.2. The van der Waals surface area contributed by atoms with Gasteiger partial charge in [-0.25, -0.2) is 9.75 Å². The highest BCUT2D eigenvalue weighted by Gasteiger charge is 2.23. The van der Waals surface area contributed by atoms with Crippen LogP contribution in [-0.2, 0) is 4.84 Å². The third-order valence-electron chi connectivity index (χ3n) is 3.56. The molecule has 0 atom stereocenters. The van der Waals surface area contributed by atoms with E-state index in [1.54, 1.807) is 16.9 Å². The van der Waals surface area contributed by atoms with Gasteiger partial charge in [-0.05, 0) is 36.8 Å². The van der Waals surface area contributed by atoms with E-state index in [0.29, 0.717) is 18.8 Å². The van der Waals surface area contributed by atoms with Crippen molar-refractivity contribution in [3.63, 3.8) is 0 Å². The van der Waals surface area contributed by atoms with Crippen molar-refractivity contribution >= 4 is 11.4 Å². The van der Waals surface area contributed by atoms with Crippen molar-refractivity contribution in [2.24, 2.45) is 0 Å². The minimum absolute atomic E-state index is 0.188. The SMILES string of the molecule is O=C(c1ccn(-c2ccc3ccccn23)n1)N1CCCO1. The second-order valence-corrected chi connectivity index (χ2v) is 4.93. The molecule has 3 aromatic heterocycles. The smallest absolute Gasteiger partial charge is 0.297 e. The summed E-state index contributed by atoms with van der Waals surface area (Å²) in [5.74, 6) is 0.708. The largest absolute Gasteiger partial charge is 0.302 e. The minimum Gasteiger partial charge on any atom is -0.302 e. The van der Waals surface area contributed by atoms with Gasteiger partial charge in [0.15, 0.2) is 5.69 Å². The Morgan fingerprint density at radius 1 is 1.14 bits per heavy atom. The maximum atomic E-state index is 12.2. The summed E-state index contributed by atoms with van der Waals surface area (Å²) in [5.41, 5.74) is 1.47. The molecule has 4 rings (SSSR count). The molecule has 0 radical (unpaired) electrons. The van der Waals surface area contributed by atoms with E-state index in [9.17, 15) is 4.79 Å². The Morgan fingerprint density at radius 2 is 2.10 bits per heavy atom. The van der Waals surface area contributed by atoms with E-state index in [0.717, 1.165) is 17.8 Å². The molecule has 0 aromatic carbocycles. The van der Waals surface area contributed by atoms with Crippen LogP contribution in [0, 0.1) is 0 Å². The molecule has 0 aliphatic carbocycles. The highest BCUT2D eigenvalue weighted by atomic mass is 16.7. The molecule has 106 valence electrons. The zero-order valence-electron chi connectivity index (χ0n) is 11.3. The summed E-state index contributed by atoms with van der Waals surface area (Å²) in [6.45, 7) is 1.22. The van der Waals surface area contributed by atoms with E-state index < -0.39 is 0 Å². The first-order valence-electron chi connectivity index (χ1n) is 6.90. The molecule has 6 heteroatoms. The number of nitrogens with zero attached hydrogens (tertiary/aromatic N) is 4. The van der Waals surface area contributed by atoms with Crippen LogP contribution in [0.1, 0.15) is 16.9 Å².